The van der Waals surface area contributed by atoms with Gasteiger partial charge in [0.1, 0.15) is 24.7 Å². The van der Waals surface area contributed by atoms with Gasteiger partial charge in [-0.2, -0.15) is 0 Å². The average molecular weight is 339 g/mol. The number of benzene rings is 2. The molecular formula is C21H25NO3. The summed E-state index contributed by atoms with van der Waals surface area (Å²) >= 11 is 0. The van der Waals surface area contributed by atoms with E-state index in [1.165, 1.54) is 6.42 Å². The van der Waals surface area contributed by atoms with Crippen LogP contribution in [0, 0.1) is 5.92 Å². The van der Waals surface area contributed by atoms with Crippen LogP contribution >= 0.6 is 0 Å². The molecule has 0 aromatic heterocycles. The van der Waals surface area contributed by atoms with Crippen LogP contribution in [0.4, 0.5) is 0 Å². The Morgan fingerprint density at radius 1 is 1.04 bits per heavy atom. The van der Waals surface area contributed by atoms with Gasteiger partial charge < -0.3 is 14.4 Å². The van der Waals surface area contributed by atoms with Gasteiger partial charge in [-0.3, -0.25) is 4.79 Å². The van der Waals surface area contributed by atoms with Crippen LogP contribution in [-0.4, -0.2) is 37.1 Å². The van der Waals surface area contributed by atoms with Crippen molar-refractivity contribution >= 4 is 5.91 Å². The first-order chi connectivity index (χ1) is 12.2. The molecular weight excluding hydrogens is 314 g/mol. The molecule has 0 N–H and O–H groups in total. The minimum atomic E-state index is 0.0612. The summed E-state index contributed by atoms with van der Waals surface area (Å²) in [6, 6.07) is 17.1. The lowest BCUT2D eigenvalue weighted by molar-refractivity contribution is 0.0677. The Labute approximate surface area is 149 Å². The Morgan fingerprint density at radius 2 is 1.76 bits per heavy atom. The molecule has 2 aromatic rings. The van der Waals surface area contributed by atoms with Crippen molar-refractivity contribution in [2.24, 2.45) is 5.92 Å². The van der Waals surface area contributed by atoms with E-state index >= 15 is 0 Å². The highest BCUT2D eigenvalue weighted by Gasteiger charge is 2.24. The molecule has 0 spiro atoms. The van der Waals surface area contributed by atoms with E-state index in [0.29, 0.717) is 30.4 Å². The van der Waals surface area contributed by atoms with Gasteiger partial charge in [0.15, 0.2) is 0 Å². The number of hydrogen-bond donors (Lipinski definition) is 0. The van der Waals surface area contributed by atoms with E-state index in [2.05, 4.69) is 6.92 Å². The summed E-state index contributed by atoms with van der Waals surface area (Å²) in [5, 5.41) is 0. The molecule has 132 valence electrons. The predicted octanol–water partition coefficient (Wildman–Crippen LogP) is 4.02. The SMILES string of the molecule is CC1CCCN(C(=O)c2ccccc2OCCOc2ccccc2)C1. The van der Waals surface area contributed by atoms with E-state index < -0.39 is 0 Å². The molecule has 1 atom stereocenters. The Kier molecular flexibility index (Phi) is 5.94. The summed E-state index contributed by atoms with van der Waals surface area (Å²) in [7, 11) is 0. The maximum absolute atomic E-state index is 12.8. The fourth-order valence-electron chi connectivity index (χ4n) is 3.14. The summed E-state index contributed by atoms with van der Waals surface area (Å²) in [4.78, 5) is 14.8. The van der Waals surface area contributed by atoms with Crippen molar-refractivity contribution in [3.63, 3.8) is 0 Å². The Morgan fingerprint density at radius 3 is 2.56 bits per heavy atom. The van der Waals surface area contributed by atoms with Crippen molar-refractivity contribution in [3.05, 3.63) is 60.2 Å². The average Bonchev–Trinajstić information content (AvgIpc) is 2.66. The number of para-hydroxylation sites is 2. The largest absolute Gasteiger partial charge is 0.490 e. The number of nitrogens with zero attached hydrogens (tertiary/aromatic N) is 1. The number of likely N-dealkylation sites (tertiary alicyclic amines) is 1. The number of ether oxygens (including phenoxy) is 2. The third-order valence-corrected chi connectivity index (χ3v) is 4.41. The highest BCUT2D eigenvalue weighted by Crippen LogP contribution is 2.23. The van der Waals surface area contributed by atoms with Crippen LogP contribution in [0.1, 0.15) is 30.1 Å². The van der Waals surface area contributed by atoms with Crippen LogP contribution in [0.25, 0.3) is 0 Å². The number of piperidine rings is 1. The molecule has 0 aliphatic carbocycles. The third kappa shape index (κ3) is 4.75. The first kappa shape index (κ1) is 17.3. The van der Waals surface area contributed by atoms with Gasteiger partial charge in [-0.1, -0.05) is 37.3 Å². The molecule has 1 unspecified atom stereocenters. The Balaban J connectivity index is 1.57. The van der Waals surface area contributed by atoms with Crippen LogP contribution < -0.4 is 9.47 Å². The first-order valence-corrected chi connectivity index (χ1v) is 8.93. The fraction of sp³-hybridized carbons (Fsp3) is 0.381. The lowest BCUT2D eigenvalue weighted by Gasteiger charge is -2.31. The molecule has 0 bridgehead atoms. The third-order valence-electron chi connectivity index (χ3n) is 4.41. The molecule has 0 radical (unpaired) electrons. The van der Waals surface area contributed by atoms with Crippen molar-refractivity contribution in [2.45, 2.75) is 19.8 Å². The van der Waals surface area contributed by atoms with Crippen LogP contribution in [-0.2, 0) is 0 Å². The molecule has 1 aliphatic heterocycles. The summed E-state index contributed by atoms with van der Waals surface area (Å²) < 4.78 is 11.5. The Bertz CT molecular complexity index is 687. The highest BCUT2D eigenvalue weighted by atomic mass is 16.5. The maximum Gasteiger partial charge on any atom is 0.257 e. The van der Waals surface area contributed by atoms with E-state index in [0.717, 1.165) is 25.3 Å². The smallest absolute Gasteiger partial charge is 0.257 e. The van der Waals surface area contributed by atoms with Gasteiger partial charge in [-0.25, -0.2) is 0 Å². The van der Waals surface area contributed by atoms with E-state index in [-0.39, 0.29) is 5.91 Å². The lowest BCUT2D eigenvalue weighted by atomic mass is 9.99. The van der Waals surface area contributed by atoms with Gasteiger partial charge in [0.2, 0.25) is 0 Å². The van der Waals surface area contributed by atoms with E-state index in [1.54, 1.807) is 0 Å². The van der Waals surface area contributed by atoms with E-state index in [1.807, 2.05) is 59.5 Å². The zero-order valence-corrected chi connectivity index (χ0v) is 14.7. The molecule has 2 aromatic carbocycles. The molecule has 1 fully saturated rings. The van der Waals surface area contributed by atoms with Crippen molar-refractivity contribution in [1.29, 1.82) is 0 Å². The van der Waals surface area contributed by atoms with Gasteiger partial charge in [0.05, 0.1) is 5.56 Å². The van der Waals surface area contributed by atoms with Crippen LogP contribution in [0.3, 0.4) is 0 Å². The normalized spacial score (nSPS) is 17.2. The van der Waals surface area contributed by atoms with E-state index in [9.17, 15) is 4.79 Å². The van der Waals surface area contributed by atoms with Gasteiger partial charge >= 0.3 is 0 Å². The minimum absolute atomic E-state index is 0.0612. The molecule has 25 heavy (non-hydrogen) atoms. The topological polar surface area (TPSA) is 38.8 Å². The maximum atomic E-state index is 12.8. The summed E-state index contributed by atoms with van der Waals surface area (Å²) in [6.45, 7) is 4.69. The van der Waals surface area contributed by atoms with Crippen molar-refractivity contribution in [2.75, 3.05) is 26.3 Å². The monoisotopic (exact) mass is 339 g/mol. The number of amides is 1. The summed E-state index contributed by atoms with van der Waals surface area (Å²) in [5.74, 6) is 2.07. The molecule has 4 nitrogen and oxygen atoms in total. The van der Waals surface area contributed by atoms with Crippen molar-refractivity contribution < 1.29 is 14.3 Å². The van der Waals surface area contributed by atoms with Gasteiger partial charge in [-0.15, -0.1) is 0 Å². The van der Waals surface area contributed by atoms with Gasteiger partial charge in [0, 0.05) is 13.1 Å². The summed E-state index contributed by atoms with van der Waals surface area (Å²) in [6.07, 6.45) is 2.26. The van der Waals surface area contributed by atoms with Crippen molar-refractivity contribution in [1.82, 2.24) is 4.90 Å². The minimum Gasteiger partial charge on any atom is -0.490 e. The molecule has 4 heteroatoms. The number of hydrogen-bond acceptors (Lipinski definition) is 3. The molecule has 1 aliphatic rings. The molecule has 1 heterocycles. The number of rotatable bonds is 6. The second kappa shape index (κ2) is 8.56. The molecule has 3 rings (SSSR count). The predicted molar refractivity (Wildman–Crippen MR) is 98.2 cm³/mol. The van der Waals surface area contributed by atoms with Crippen LogP contribution in [0.15, 0.2) is 54.6 Å². The van der Waals surface area contributed by atoms with E-state index in [4.69, 9.17) is 9.47 Å². The van der Waals surface area contributed by atoms with Crippen molar-refractivity contribution in [3.8, 4) is 11.5 Å². The lowest BCUT2D eigenvalue weighted by Crippen LogP contribution is -2.39. The zero-order valence-electron chi connectivity index (χ0n) is 14.7. The van der Waals surface area contributed by atoms with Gasteiger partial charge in [0.25, 0.3) is 5.91 Å². The van der Waals surface area contributed by atoms with Gasteiger partial charge in [-0.05, 0) is 43.0 Å². The molecule has 0 saturated carbocycles. The van der Waals surface area contributed by atoms with Crippen LogP contribution in [0.5, 0.6) is 11.5 Å². The second-order valence-corrected chi connectivity index (χ2v) is 6.50. The fourth-order valence-corrected chi connectivity index (χ4v) is 3.14. The second-order valence-electron chi connectivity index (χ2n) is 6.50. The van der Waals surface area contributed by atoms with Crippen LogP contribution in [0.2, 0.25) is 0 Å². The zero-order chi connectivity index (χ0) is 17.5. The molecule has 1 saturated heterocycles. The standard InChI is InChI=1S/C21H25NO3/c1-17-8-7-13-22(16-17)21(23)19-11-5-6-12-20(19)25-15-14-24-18-9-3-2-4-10-18/h2-6,9-12,17H,7-8,13-16H2,1H3. The molecule has 1 amide bonds. The highest BCUT2D eigenvalue weighted by molar-refractivity contribution is 5.97. The quantitative estimate of drug-likeness (QED) is 0.746. The first-order valence-electron chi connectivity index (χ1n) is 8.93. The summed E-state index contributed by atoms with van der Waals surface area (Å²) in [5.41, 5.74) is 0.635. The number of carbonyl (C=O) groups excluding carboxylic acids is 1. The Hall–Kier alpha value is -2.49. The number of carbonyl (C=O) groups is 1.